The molecule has 3 heterocycles. The molecule has 3 aromatic heterocycles. The van der Waals surface area contributed by atoms with Gasteiger partial charge in [-0.25, -0.2) is 4.98 Å². The molecule has 0 saturated carbocycles. The molecule has 0 aliphatic heterocycles. The monoisotopic (exact) mass is 360 g/mol. The van der Waals surface area contributed by atoms with Gasteiger partial charge in [-0.05, 0) is 38.1 Å². The Balaban J connectivity index is 1.80. The van der Waals surface area contributed by atoms with Crippen molar-refractivity contribution in [2.75, 3.05) is 0 Å². The van der Waals surface area contributed by atoms with E-state index >= 15 is 0 Å². The molecule has 0 aliphatic rings. The highest BCUT2D eigenvalue weighted by Crippen LogP contribution is 2.29. The first-order valence-electron chi connectivity index (χ1n) is 8.75. The van der Waals surface area contributed by atoms with Gasteiger partial charge in [0.05, 0.1) is 35.3 Å². The molecule has 0 saturated heterocycles. The number of nitrogens with one attached hydrogen (secondary N) is 1. The summed E-state index contributed by atoms with van der Waals surface area (Å²) in [6, 6.07) is 13.1. The molecule has 6 nitrogen and oxygen atoms in total. The highest BCUT2D eigenvalue weighted by atomic mass is 16.3. The number of nitrogens with zero attached hydrogens (tertiary/aromatic N) is 3. The first-order chi connectivity index (χ1) is 13.0. The van der Waals surface area contributed by atoms with Crippen molar-refractivity contribution in [3.8, 4) is 11.3 Å². The Morgan fingerprint density at radius 3 is 2.70 bits per heavy atom. The van der Waals surface area contributed by atoms with Crippen LogP contribution in [0, 0.1) is 13.8 Å². The minimum atomic E-state index is -0.162. The molecule has 136 valence electrons. The van der Waals surface area contributed by atoms with E-state index in [1.807, 2.05) is 62.0 Å². The molecular weight excluding hydrogens is 340 g/mol. The van der Waals surface area contributed by atoms with Gasteiger partial charge in [0.25, 0.3) is 5.91 Å². The topological polar surface area (TPSA) is 73.0 Å². The predicted molar refractivity (Wildman–Crippen MR) is 103 cm³/mol. The van der Waals surface area contributed by atoms with Gasteiger partial charge in [0, 0.05) is 23.7 Å². The van der Waals surface area contributed by atoms with Crippen molar-refractivity contribution < 1.29 is 9.21 Å². The summed E-state index contributed by atoms with van der Waals surface area (Å²) in [6.45, 7) is 4.29. The van der Waals surface area contributed by atoms with E-state index in [0.29, 0.717) is 17.9 Å². The minimum absolute atomic E-state index is 0.162. The second-order valence-corrected chi connectivity index (χ2v) is 6.50. The second-order valence-electron chi connectivity index (χ2n) is 6.50. The Morgan fingerprint density at radius 1 is 1.19 bits per heavy atom. The summed E-state index contributed by atoms with van der Waals surface area (Å²) in [5.74, 6) is 0.548. The molecule has 1 amide bonds. The molecular formula is C21H20N4O2. The van der Waals surface area contributed by atoms with Crippen molar-refractivity contribution in [1.82, 2.24) is 20.1 Å². The summed E-state index contributed by atoms with van der Waals surface area (Å²) in [6.07, 6.45) is 1.59. The molecule has 0 spiro atoms. The van der Waals surface area contributed by atoms with Crippen LogP contribution >= 0.6 is 0 Å². The number of rotatable bonds is 4. The lowest BCUT2D eigenvalue weighted by atomic mass is 10.0. The van der Waals surface area contributed by atoms with Gasteiger partial charge in [0.15, 0.2) is 0 Å². The van der Waals surface area contributed by atoms with Crippen LogP contribution in [0.25, 0.3) is 22.2 Å². The number of furan rings is 1. The maximum absolute atomic E-state index is 12.9. The van der Waals surface area contributed by atoms with E-state index in [1.165, 1.54) is 0 Å². The van der Waals surface area contributed by atoms with Crippen LogP contribution < -0.4 is 5.32 Å². The van der Waals surface area contributed by atoms with E-state index in [0.717, 1.165) is 33.5 Å². The van der Waals surface area contributed by atoms with Crippen LogP contribution in [0.4, 0.5) is 0 Å². The summed E-state index contributed by atoms with van der Waals surface area (Å²) in [4.78, 5) is 17.7. The van der Waals surface area contributed by atoms with Crippen molar-refractivity contribution in [3.63, 3.8) is 0 Å². The number of fused-ring (bicyclic) bond motifs is 1. The SMILES string of the molecule is Cc1nn(C)c(C)c1-c1cc(C(=O)NCc2ccco2)c2ccccc2n1. The maximum atomic E-state index is 12.9. The van der Waals surface area contributed by atoms with Gasteiger partial charge in [0.1, 0.15) is 5.76 Å². The maximum Gasteiger partial charge on any atom is 0.252 e. The number of para-hydroxylation sites is 1. The van der Waals surface area contributed by atoms with Crippen LogP contribution in [-0.2, 0) is 13.6 Å². The first kappa shape index (κ1) is 17.0. The van der Waals surface area contributed by atoms with Gasteiger partial charge in [-0.1, -0.05) is 18.2 Å². The van der Waals surface area contributed by atoms with E-state index in [4.69, 9.17) is 9.40 Å². The van der Waals surface area contributed by atoms with Crippen molar-refractivity contribution in [2.45, 2.75) is 20.4 Å². The largest absolute Gasteiger partial charge is 0.467 e. The fourth-order valence-corrected chi connectivity index (χ4v) is 3.31. The lowest BCUT2D eigenvalue weighted by Gasteiger charge is -2.10. The van der Waals surface area contributed by atoms with E-state index in [9.17, 15) is 4.79 Å². The lowest BCUT2D eigenvalue weighted by Crippen LogP contribution is -2.23. The summed E-state index contributed by atoms with van der Waals surface area (Å²) in [5.41, 5.74) is 4.98. The number of aromatic nitrogens is 3. The van der Waals surface area contributed by atoms with E-state index < -0.39 is 0 Å². The van der Waals surface area contributed by atoms with Gasteiger partial charge in [-0.2, -0.15) is 5.10 Å². The number of carbonyl (C=O) groups excluding carboxylic acids is 1. The minimum Gasteiger partial charge on any atom is -0.467 e. The van der Waals surface area contributed by atoms with Crippen molar-refractivity contribution >= 4 is 16.8 Å². The normalized spacial score (nSPS) is 11.1. The average molecular weight is 360 g/mol. The molecule has 0 aliphatic carbocycles. The Labute approximate surface area is 156 Å². The number of hydrogen-bond acceptors (Lipinski definition) is 4. The van der Waals surface area contributed by atoms with Crippen LogP contribution in [0.2, 0.25) is 0 Å². The Hall–Kier alpha value is -3.41. The second kappa shape index (κ2) is 6.72. The number of amides is 1. The lowest BCUT2D eigenvalue weighted by molar-refractivity contribution is 0.0949. The third-order valence-corrected chi connectivity index (χ3v) is 4.73. The molecule has 4 rings (SSSR count). The highest BCUT2D eigenvalue weighted by Gasteiger charge is 2.18. The van der Waals surface area contributed by atoms with E-state index in [-0.39, 0.29) is 5.91 Å². The third-order valence-electron chi connectivity index (χ3n) is 4.73. The fraction of sp³-hybridized carbons (Fsp3) is 0.190. The number of aryl methyl sites for hydroxylation is 2. The molecule has 6 heteroatoms. The Morgan fingerprint density at radius 2 is 2.00 bits per heavy atom. The van der Waals surface area contributed by atoms with Crippen molar-refractivity contribution in [1.29, 1.82) is 0 Å². The zero-order chi connectivity index (χ0) is 19.0. The fourth-order valence-electron chi connectivity index (χ4n) is 3.31. The van der Waals surface area contributed by atoms with E-state index in [2.05, 4.69) is 10.4 Å². The van der Waals surface area contributed by atoms with E-state index in [1.54, 1.807) is 12.3 Å². The van der Waals surface area contributed by atoms with Gasteiger partial charge in [0.2, 0.25) is 0 Å². The quantitative estimate of drug-likeness (QED) is 0.601. The molecule has 4 aromatic rings. The summed E-state index contributed by atoms with van der Waals surface area (Å²) in [5, 5.41) is 8.22. The standard InChI is InChI=1S/C21H20N4O2/c1-13-20(14(2)25(3)24-13)19-11-17(16-8-4-5-9-18(16)23-19)21(26)22-12-15-7-6-10-27-15/h4-11H,12H2,1-3H3,(H,22,26). The zero-order valence-corrected chi connectivity index (χ0v) is 15.5. The molecule has 0 atom stereocenters. The first-order valence-corrected chi connectivity index (χ1v) is 8.75. The summed E-state index contributed by atoms with van der Waals surface area (Å²) >= 11 is 0. The summed E-state index contributed by atoms with van der Waals surface area (Å²) in [7, 11) is 1.91. The molecule has 0 unspecified atom stereocenters. The number of hydrogen-bond donors (Lipinski definition) is 1. The number of carbonyl (C=O) groups is 1. The van der Waals surface area contributed by atoms with Crippen LogP contribution in [0.5, 0.6) is 0 Å². The molecule has 1 N–H and O–H groups in total. The van der Waals surface area contributed by atoms with Gasteiger partial charge in [-0.3, -0.25) is 9.48 Å². The Kier molecular flexibility index (Phi) is 4.24. The van der Waals surface area contributed by atoms with Crippen LogP contribution in [0.15, 0.2) is 53.1 Å². The van der Waals surface area contributed by atoms with Crippen molar-refractivity contribution in [2.24, 2.45) is 7.05 Å². The summed E-state index contributed by atoms with van der Waals surface area (Å²) < 4.78 is 7.13. The van der Waals surface area contributed by atoms with Gasteiger partial charge in [-0.15, -0.1) is 0 Å². The smallest absolute Gasteiger partial charge is 0.252 e. The predicted octanol–water partition coefficient (Wildman–Crippen LogP) is 3.78. The number of pyridine rings is 1. The Bertz CT molecular complexity index is 1130. The molecule has 0 bridgehead atoms. The van der Waals surface area contributed by atoms with Crippen LogP contribution in [0.1, 0.15) is 27.5 Å². The third kappa shape index (κ3) is 3.10. The van der Waals surface area contributed by atoms with Crippen LogP contribution in [-0.4, -0.2) is 20.7 Å². The van der Waals surface area contributed by atoms with Gasteiger partial charge >= 0.3 is 0 Å². The molecule has 27 heavy (non-hydrogen) atoms. The average Bonchev–Trinajstić information content (AvgIpc) is 3.27. The van der Waals surface area contributed by atoms with Crippen molar-refractivity contribution in [3.05, 3.63) is 71.4 Å². The molecule has 1 aromatic carbocycles. The highest BCUT2D eigenvalue weighted by molar-refractivity contribution is 6.07. The van der Waals surface area contributed by atoms with Gasteiger partial charge < -0.3 is 9.73 Å². The number of benzene rings is 1. The molecule has 0 radical (unpaired) electrons. The van der Waals surface area contributed by atoms with Crippen LogP contribution in [0.3, 0.4) is 0 Å². The zero-order valence-electron chi connectivity index (χ0n) is 15.5. The molecule has 0 fully saturated rings.